The molecule has 1 saturated heterocycles. The zero-order valence-corrected chi connectivity index (χ0v) is 43.6. The van der Waals surface area contributed by atoms with Crippen molar-refractivity contribution in [3.05, 3.63) is 115 Å². The van der Waals surface area contributed by atoms with E-state index < -0.39 is 72.1 Å². The SMILES string of the molecule is CC(C)OC(=O)c1cc(-n2c(=O)cc(C(F)(F)F)n(C)c2=O)ccc1Cl.CC1(C)OC(c2ccco2)CN1C(=O)C(Cl)Cl.CCOCN(C(=O)CCl)c1c(C)cccc1CC.O=C(O)CNCP(=O)(O)O. The van der Waals surface area contributed by atoms with E-state index in [0.29, 0.717) is 34.1 Å². The summed E-state index contributed by atoms with van der Waals surface area (Å²) >= 11 is 22.8. The summed E-state index contributed by atoms with van der Waals surface area (Å²) in [6.45, 7) is 13.6. The Kier molecular flexibility index (Phi) is 24.5. The van der Waals surface area contributed by atoms with Crippen molar-refractivity contribution >= 4 is 83.4 Å². The van der Waals surface area contributed by atoms with Crippen molar-refractivity contribution in [2.45, 2.75) is 83.8 Å². The van der Waals surface area contributed by atoms with Crippen LogP contribution in [0.4, 0.5) is 18.9 Å². The number of nitrogens with one attached hydrogen (secondary N) is 1. The number of rotatable bonds is 15. The Morgan fingerprint density at radius 3 is 2.20 bits per heavy atom. The first kappa shape index (κ1) is 62.4. The van der Waals surface area contributed by atoms with E-state index in [1.807, 2.05) is 38.1 Å². The van der Waals surface area contributed by atoms with Crippen molar-refractivity contribution in [1.29, 1.82) is 0 Å². The van der Waals surface area contributed by atoms with Crippen LogP contribution in [-0.4, -0.2) is 108 Å². The van der Waals surface area contributed by atoms with Gasteiger partial charge in [-0.25, -0.2) is 14.2 Å². The smallest absolute Gasteiger partial charge is 0.431 e. The Hall–Kier alpha value is -4.74. The maximum Gasteiger partial charge on any atom is 0.431 e. The molecule has 4 aromatic rings. The van der Waals surface area contributed by atoms with Crippen LogP contribution >= 0.6 is 54.0 Å². The highest BCUT2D eigenvalue weighted by Gasteiger charge is 2.45. The number of benzene rings is 2. The normalized spacial score (nSPS) is 14.1. The molecule has 0 radical (unpaired) electrons. The van der Waals surface area contributed by atoms with Gasteiger partial charge in [0, 0.05) is 19.7 Å². The summed E-state index contributed by atoms with van der Waals surface area (Å²) in [6.07, 6.45) is -3.74. The van der Waals surface area contributed by atoms with E-state index in [1.54, 1.807) is 44.9 Å². The van der Waals surface area contributed by atoms with Crippen LogP contribution in [0.1, 0.15) is 80.6 Å². The van der Waals surface area contributed by atoms with Crippen molar-refractivity contribution in [3.8, 4) is 5.69 Å². The number of ether oxygens (including phenoxy) is 3. The number of carbonyl (C=O) groups is 4. The lowest BCUT2D eigenvalue weighted by atomic mass is 10.0. The monoisotopic (exact) mass is 1110 g/mol. The number of amides is 2. The van der Waals surface area contributed by atoms with Crippen LogP contribution in [-0.2, 0) is 52.8 Å². The molecule has 4 N–H and O–H groups in total. The second kappa shape index (κ2) is 27.9. The predicted molar refractivity (Wildman–Crippen MR) is 259 cm³/mol. The number of aromatic nitrogens is 2. The number of anilines is 1. The molecular formula is C44H55Cl4F3N5O14P. The van der Waals surface area contributed by atoms with E-state index >= 15 is 0 Å². The van der Waals surface area contributed by atoms with Crippen LogP contribution in [0.3, 0.4) is 0 Å². The fourth-order valence-corrected chi connectivity index (χ4v) is 7.35. The summed E-state index contributed by atoms with van der Waals surface area (Å²) < 4.78 is 71.0. The molecule has 1 unspecified atom stereocenters. The van der Waals surface area contributed by atoms with Crippen LogP contribution in [0.2, 0.25) is 5.02 Å². The van der Waals surface area contributed by atoms with E-state index in [9.17, 15) is 46.5 Å². The number of esters is 1. The fourth-order valence-electron chi connectivity index (χ4n) is 6.37. The van der Waals surface area contributed by atoms with Crippen LogP contribution in [0.15, 0.2) is 74.9 Å². The topological polar surface area (TPSA) is 249 Å². The number of hydrogen-bond acceptors (Lipinski definition) is 12. The van der Waals surface area contributed by atoms with Gasteiger partial charge in [0.2, 0.25) is 5.91 Å². The quantitative estimate of drug-likeness (QED) is 0.0392. The zero-order valence-electron chi connectivity index (χ0n) is 39.7. The molecule has 1 fully saturated rings. The Bertz CT molecular complexity index is 2610. The van der Waals surface area contributed by atoms with E-state index in [4.69, 9.17) is 79.9 Å². The second-order valence-electron chi connectivity index (χ2n) is 15.6. The standard InChI is InChI=1S/C16H14ClF3N2O4.C14H20ClNO2.C11H13Cl2NO3.C3H8NO5P/c1-8(2)26-14(24)10-6-9(4-5-11(10)17)22-13(23)7-12(16(18,19)20)21(3)15(22)25;1-4-12-8-6-7-11(3)14(12)16(10-18-5-2)13(17)9-15;1-11(2)14(10(15)9(12)13)6-8(17-11)7-4-3-5-16-7;5-3(6)1-4-2-10(7,8)9/h4-8H,1-3H3;6-8H,4-5,9-10H2,1-3H3;3-5,8-9H,6H2,1-2H3;4H,1-2H2,(H,5,6)(H2,7,8,9). The molecule has 27 heteroatoms. The molecule has 1 atom stereocenters. The lowest BCUT2D eigenvalue weighted by Gasteiger charge is -2.29. The number of aryl methyl sites for hydroxylation is 2. The number of carboxylic acids is 1. The zero-order chi connectivity index (χ0) is 54.2. The first-order valence-corrected chi connectivity index (χ1v) is 24.7. The van der Waals surface area contributed by atoms with Crippen LogP contribution in [0.5, 0.6) is 0 Å². The van der Waals surface area contributed by atoms with Gasteiger partial charge in [-0.05, 0) is 89.4 Å². The summed E-state index contributed by atoms with van der Waals surface area (Å²) in [5.41, 5.74) is -1.62. The Morgan fingerprint density at radius 1 is 1.04 bits per heavy atom. The molecule has 2 amide bonds. The Balaban J connectivity index is 0.000000341. The minimum absolute atomic E-state index is 0.0104. The molecule has 2 aromatic carbocycles. The Labute approximate surface area is 426 Å². The molecule has 2 aromatic heterocycles. The maximum absolute atomic E-state index is 12.9. The third kappa shape index (κ3) is 19.0. The number of alkyl halides is 6. The number of halogens is 7. The highest BCUT2D eigenvalue weighted by Crippen LogP contribution is 2.37. The first-order valence-electron chi connectivity index (χ1n) is 21.1. The average molecular weight is 1110 g/mol. The number of aliphatic carboxylic acids is 1. The minimum atomic E-state index is -4.86. The minimum Gasteiger partial charge on any atom is -0.480 e. The van der Waals surface area contributed by atoms with Gasteiger partial charge in [0.15, 0.2) is 4.84 Å². The molecule has 0 bridgehead atoms. The van der Waals surface area contributed by atoms with Crippen LogP contribution in [0.25, 0.3) is 5.69 Å². The number of hydrogen-bond donors (Lipinski definition) is 4. The molecular weight excluding hydrogens is 1050 g/mol. The Morgan fingerprint density at radius 2 is 1.69 bits per heavy atom. The van der Waals surface area contributed by atoms with Gasteiger partial charge in [-0.1, -0.05) is 59.9 Å². The van der Waals surface area contributed by atoms with Gasteiger partial charge < -0.3 is 38.4 Å². The van der Waals surface area contributed by atoms with Gasteiger partial charge in [-0.2, -0.15) is 13.2 Å². The van der Waals surface area contributed by atoms with Crippen molar-refractivity contribution < 1.29 is 70.4 Å². The summed E-state index contributed by atoms with van der Waals surface area (Å²) in [5.74, 6) is -1.77. The summed E-state index contributed by atoms with van der Waals surface area (Å²) in [5, 5.41) is 10.1. The van der Waals surface area contributed by atoms with Crippen LogP contribution < -0.4 is 21.5 Å². The number of nitrogens with zero attached hydrogens (tertiary/aromatic N) is 4. The van der Waals surface area contributed by atoms with Crippen molar-refractivity contribution in [2.75, 3.05) is 43.5 Å². The average Bonchev–Trinajstić information content (AvgIpc) is 3.92. The lowest BCUT2D eigenvalue weighted by Crippen LogP contribution is -2.45. The third-order valence-corrected chi connectivity index (χ3v) is 11.1. The fraction of sp³-hybridized carbons (Fsp3) is 0.455. The summed E-state index contributed by atoms with van der Waals surface area (Å²) in [7, 11) is -3.20. The molecule has 3 heterocycles. The van der Waals surface area contributed by atoms with Gasteiger partial charge in [0.1, 0.15) is 35.9 Å². The second-order valence-corrected chi connectivity index (χ2v) is 19.1. The van der Waals surface area contributed by atoms with E-state index in [-0.39, 0.29) is 46.8 Å². The molecule has 5 rings (SSSR count). The number of furan rings is 1. The van der Waals surface area contributed by atoms with Crippen molar-refractivity contribution in [1.82, 2.24) is 19.4 Å². The van der Waals surface area contributed by atoms with Crippen LogP contribution in [0, 0.1) is 6.92 Å². The number of carbonyl (C=O) groups excluding carboxylic acids is 3. The summed E-state index contributed by atoms with van der Waals surface area (Å²) in [4.78, 5) is 88.4. The van der Waals surface area contributed by atoms with Gasteiger partial charge in [0.25, 0.3) is 11.5 Å². The molecule has 71 heavy (non-hydrogen) atoms. The molecule has 0 aliphatic carbocycles. The molecule has 394 valence electrons. The number of carboxylic acid groups (broad SMARTS) is 1. The molecule has 0 saturated carbocycles. The van der Waals surface area contributed by atoms with Crippen molar-refractivity contribution in [3.63, 3.8) is 0 Å². The van der Waals surface area contributed by atoms with E-state index in [1.165, 1.54) is 17.0 Å². The van der Waals surface area contributed by atoms with Gasteiger partial charge in [0.05, 0.1) is 53.7 Å². The van der Waals surface area contributed by atoms with Gasteiger partial charge >= 0.3 is 31.4 Å². The van der Waals surface area contributed by atoms with Gasteiger partial charge in [-0.3, -0.25) is 38.5 Å². The van der Waals surface area contributed by atoms with E-state index in [2.05, 4.69) is 12.2 Å². The third-order valence-electron chi connectivity index (χ3n) is 9.53. The lowest BCUT2D eigenvalue weighted by molar-refractivity contribution is -0.145. The maximum atomic E-state index is 12.9. The highest BCUT2D eigenvalue weighted by atomic mass is 35.5. The van der Waals surface area contributed by atoms with Gasteiger partial charge in [-0.15, -0.1) is 11.6 Å². The first-order chi connectivity index (χ1) is 32.9. The molecule has 19 nitrogen and oxygen atoms in total. The summed E-state index contributed by atoms with van der Waals surface area (Å²) in [6, 6.07) is 13.5. The predicted octanol–water partition coefficient (Wildman–Crippen LogP) is 7.41. The molecule has 1 aliphatic rings. The largest absolute Gasteiger partial charge is 0.480 e. The molecule has 0 spiro atoms. The number of para-hydroxylation sites is 1. The highest BCUT2D eigenvalue weighted by molar-refractivity contribution is 7.51. The van der Waals surface area contributed by atoms with Crippen molar-refractivity contribution in [2.24, 2.45) is 7.05 Å². The van der Waals surface area contributed by atoms with E-state index in [0.717, 1.165) is 36.3 Å². The molecule has 1 aliphatic heterocycles.